The average Bonchev–Trinajstić information content (AvgIpc) is 2.16. The fourth-order valence-electron chi connectivity index (χ4n) is 0.929. The molecule has 0 aliphatic carbocycles. The Hall–Kier alpha value is -1.22. The van der Waals surface area contributed by atoms with Gasteiger partial charge in [-0.1, -0.05) is 17.7 Å². The molecule has 0 aliphatic rings. The molecule has 4 heteroatoms. The van der Waals surface area contributed by atoms with Gasteiger partial charge >= 0.3 is 6.03 Å². The quantitative estimate of drug-likeness (QED) is 0.804. The smallest absolute Gasteiger partial charge is 0.321 e. The summed E-state index contributed by atoms with van der Waals surface area (Å²) in [5, 5.41) is 3.35. The fourth-order valence-corrected chi connectivity index (χ4v) is 1.12. The molecule has 1 aromatic carbocycles. The van der Waals surface area contributed by atoms with Gasteiger partial charge in [0.15, 0.2) is 0 Å². The fraction of sp³-hybridized carbons (Fsp3) is 0.300. The van der Waals surface area contributed by atoms with Crippen LogP contribution < -0.4 is 5.32 Å². The van der Waals surface area contributed by atoms with E-state index in [1.807, 2.05) is 6.92 Å². The number of benzene rings is 1. The van der Waals surface area contributed by atoms with Crippen molar-refractivity contribution in [2.24, 2.45) is 0 Å². The van der Waals surface area contributed by atoms with Gasteiger partial charge in [-0.15, -0.1) is 0 Å². The Kier molecular flexibility index (Phi) is 3.77. The van der Waals surface area contributed by atoms with Crippen molar-refractivity contribution in [3.05, 3.63) is 29.3 Å². The third kappa shape index (κ3) is 2.92. The molecule has 0 aromatic heterocycles. The van der Waals surface area contributed by atoms with Gasteiger partial charge in [0.25, 0.3) is 0 Å². The number of nitrogens with one attached hydrogen (secondary N) is 1. The lowest BCUT2D eigenvalue weighted by Crippen LogP contribution is -2.30. The number of rotatable bonds is 2. The van der Waals surface area contributed by atoms with E-state index in [-0.39, 0.29) is 6.03 Å². The van der Waals surface area contributed by atoms with E-state index in [0.717, 1.165) is 0 Å². The minimum atomic E-state index is -0.130. The molecule has 0 unspecified atom stereocenters. The van der Waals surface area contributed by atoms with Crippen molar-refractivity contribution >= 4 is 23.3 Å². The van der Waals surface area contributed by atoms with Crippen LogP contribution in [-0.2, 0) is 0 Å². The van der Waals surface area contributed by atoms with Gasteiger partial charge in [-0.25, -0.2) is 4.79 Å². The molecule has 0 saturated heterocycles. The second-order valence-corrected chi connectivity index (χ2v) is 3.39. The van der Waals surface area contributed by atoms with E-state index in [9.17, 15) is 4.79 Å². The molecule has 0 saturated carbocycles. The van der Waals surface area contributed by atoms with E-state index in [1.165, 1.54) is 0 Å². The lowest BCUT2D eigenvalue weighted by Gasteiger charge is -2.15. The summed E-state index contributed by atoms with van der Waals surface area (Å²) in [6, 6.07) is 6.94. The van der Waals surface area contributed by atoms with Crippen molar-refractivity contribution in [2.45, 2.75) is 6.92 Å². The Labute approximate surface area is 88.7 Å². The number of amides is 2. The van der Waals surface area contributed by atoms with Crippen molar-refractivity contribution in [3.8, 4) is 0 Å². The van der Waals surface area contributed by atoms with Crippen LogP contribution in [-0.4, -0.2) is 24.5 Å². The molecule has 1 aromatic rings. The summed E-state index contributed by atoms with van der Waals surface area (Å²) in [5.74, 6) is 0. The number of hydrogen-bond acceptors (Lipinski definition) is 1. The summed E-state index contributed by atoms with van der Waals surface area (Å²) < 4.78 is 0. The molecule has 0 atom stereocenters. The van der Waals surface area contributed by atoms with Crippen LogP contribution in [0, 0.1) is 0 Å². The highest BCUT2D eigenvalue weighted by molar-refractivity contribution is 6.30. The molecular weight excluding hydrogens is 200 g/mol. The largest absolute Gasteiger partial charge is 0.328 e. The minimum Gasteiger partial charge on any atom is -0.328 e. The van der Waals surface area contributed by atoms with Gasteiger partial charge in [0.2, 0.25) is 0 Å². The van der Waals surface area contributed by atoms with Crippen LogP contribution in [0.2, 0.25) is 5.02 Å². The van der Waals surface area contributed by atoms with Crippen LogP contribution in [0.3, 0.4) is 0 Å². The molecule has 0 heterocycles. The van der Waals surface area contributed by atoms with Gasteiger partial charge in [0, 0.05) is 24.3 Å². The molecule has 3 nitrogen and oxygen atoms in total. The maximum absolute atomic E-state index is 11.4. The monoisotopic (exact) mass is 212 g/mol. The zero-order chi connectivity index (χ0) is 10.6. The van der Waals surface area contributed by atoms with Crippen LogP contribution in [0.5, 0.6) is 0 Å². The Bertz CT molecular complexity index is 328. The van der Waals surface area contributed by atoms with Crippen molar-refractivity contribution in [1.29, 1.82) is 0 Å². The van der Waals surface area contributed by atoms with E-state index in [2.05, 4.69) is 5.32 Å². The maximum atomic E-state index is 11.4. The number of nitrogens with zero attached hydrogens (tertiary/aromatic N) is 1. The second kappa shape index (κ2) is 4.86. The van der Waals surface area contributed by atoms with Gasteiger partial charge in [0.05, 0.1) is 0 Å². The lowest BCUT2D eigenvalue weighted by molar-refractivity contribution is 0.224. The molecule has 14 heavy (non-hydrogen) atoms. The predicted molar refractivity (Wildman–Crippen MR) is 58.8 cm³/mol. The van der Waals surface area contributed by atoms with E-state index in [1.54, 1.807) is 36.2 Å². The Morgan fingerprint density at radius 3 is 2.86 bits per heavy atom. The molecule has 0 spiro atoms. The standard InChI is InChI=1S/C10H13ClN2O/c1-3-13(2)10(14)12-9-6-4-5-8(11)7-9/h4-7H,3H2,1-2H3,(H,12,14). The van der Waals surface area contributed by atoms with Gasteiger partial charge in [0.1, 0.15) is 0 Å². The SMILES string of the molecule is CCN(C)C(=O)Nc1cccc(Cl)c1. The summed E-state index contributed by atoms with van der Waals surface area (Å²) in [6.45, 7) is 2.59. The molecule has 0 aliphatic heterocycles. The highest BCUT2D eigenvalue weighted by Gasteiger charge is 2.05. The maximum Gasteiger partial charge on any atom is 0.321 e. The zero-order valence-electron chi connectivity index (χ0n) is 8.25. The number of urea groups is 1. The molecule has 1 N–H and O–H groups in total. The first-order valence-electron chi connectivity index (χ1n) is 4.41. The summed E-state index contributed by atoms with van der Waals surface area (Å²) in [4.78, 5) is 13.0. The highest BCUT2D eigenvalue weighted by Crippen LogP contribution is 2.14. The average molecular weight is 213 g/mol. The van der Waals surface area contributed by atoms with Crippen molar-refractivity contribution in [2.75, 3.05) is 18.9 Å². The topological polar surface area (TPSA) is 32.3 Å². The van der Waals surface area contributed by atoms with Crippen LogP contribution in [0.1, 0.15) is 6.92 Å². The van der Waals surface area contributed by atoms with Gasteiger partial charge < -0.3 is 10.2 Å². The summed E-state index contributed by atoms with van der Waals surface area (Å²) in [7, 11) is 1.74. The van der Waals surface area contributed by atoms with Gasteiger partial charge in [-0.05, 0) is 25.1 Å². The second-order valence-electron chi connectivity index (χ2n) is 2.95. The van der Waals surface area contributed by atoms with Crippen LogP contribution >= 0.6 is 11.6 Å². The molecule has 1 rings (SSSR count). The first-order chi connectivity index (χ1) is 6.63. The molecule has 2 amide bonds. The molecule has 76 valence electrons. The van der Waals surface area contributed by atoms with Crippen LogP contribution in [0.4, 0.5) is 10.5 Å². The van der Waals surface area contributed by atoms with E-state index < -0.39 is 0 Å². The molecule has 0 radical (unpaired) electrons. The van der Waals surface area contributed by atoms with E-state index >= 15 is 0 Å². The number of carbonyl (C=O) groups excluding carboxylic acids is 1. The van der Waals surface area contributed by atoms with Crippen LogP contribution in [0.15, 0.2) is 24.3 Å². The van der Waals surface area contributed by atoms with Crippen LogP contribution in [0.25, 0.3) is 0 Å². The first kappa shape index (κ1) is 10.9. The third-order valence-electron chi connectivity index (χ3n) is 1.90. The van der Waals surface area contributed by atoms with Crippen molar-refractivity contribution < 1.29 is 4.79 Å². The van der Waals surface area contributed by atoms with Gasteiger partial charge in [-0.2, -0.15) is 0 Å². The Morgan fingerprint density at radius 1 is 1.57 bits per heavy atom. The predicted octanol–water partition coefficient (Wildman–Crippen LogP) is 2.82. The van der Waals surface area contributed by atoms with E-state index in [0.29, 0.717) is 17.3 Å². The number of carbonyl (C=O) groups is 1. The minimum absolute atomic E-state index is 0.130. The van der Waals surface area contributed by atoms with Gasteiger partial charge in [-0.3, -0.25) is 0 Å². The van der Waals surface area contributed by atoms with E-state index in [4.69, 9.17) is 11.6 Å². The lowest BCUT2D eigenvalue weighted by atomic mass is 10.3. The number of anilines is 1. The number of hydrogen-bond donors (Lipinski definition) is 1. The summed E-state index contributed by atoms with van der Waals surface area (Å²) in [5.41, 5.74) is 0.711. The van der Waals surface area contributed by atoms with Crippen molar-refractivity contribution in [1.82, 2.24) is 4.90 Å². The molecule has 0 fully saturated rings. The normalized spacial score (nSPS) is 9.64. The zero-order valence-corrected chi connectivity index (χ0v) is 9.01. The molecule has 0 bridgehead atoms. The van der Waals surface area contributed by atoms with Crippen molar-refractivity contribution in [3.63, 3.8) is 0 Å². The summed E-state index contributed by atoms with van der Waals surface area (Å²) in [6.07, 6.45) is 0. The highest BCUT2D eigenvalue weighted by atomic mass is 35.5. The Balaban J connectivity index is 2.65. The Morgan fingerprint density at radius 2 is 2.29 bits per heavy atom. The first-order valence-corrected chi connectivity index (χ1v) is 4.79. The third-order valence-corrected chi connectivity index (χ3v) is 2.13. The summed E-state index contributed by atoms with van der Waals surface area (Å²) >= 11 is 5.78. The number of halogens is 1. The molecular formula is C10H13ClN2O.